The zero-order valence-corrected chi connectivity index (χ0v) is 12.3. The van der Waals surface area contributed by atoms with Crippen LogP contribution < -0.4 is 10.7 Å². The molecule has 0 bridgehead atoms. The maximum atomic E-state index is 5.60. The molecule has 0 aliphatic heterocycles. The van der Waals surface area contributed by atoms with Gasteiger partial charge in [-0.1, -0.05) is 0 Å². The van der Waals surface area contributed by atoms with E-state index >= 15 is 0 Å². The van der Waals surface area contributed by atoms with Crippen LogP contribution in [0, 0.1) is 0 Å². The van der Waals surface area contributed by atoms with Crippen LogP contribution >= 0.6 is 12.4 Å². The van der Waals surface area contributed by atoms with Crippen LogP contribution in [0.1, 0.15) is 27.2 Å². The highest BCUT2D eigenvalue weighted by Gasteiger charge is 2.40. The molecule has 0 amide bonds. The minimum Gasteiger partial charge on any atom is -0.361 e. The van der Waals surface area contributed by atoms with Crippen molar-refractivity contribution in [2.24, 2.45) is 5.73 Å². The molecule has 3 N–H and O–H groups in total. The Hall–Kier alpha value is 0.307. The number of nitrogens with one attached hydrogen (secondary N) is 1. The molecular formula is C9H25ClN2O3Si. The average molecular weight is 273 g/mol. The van der Waals surface area contributed by atoms with Crippen LogP contribution in [0.5, 0.6) is 0 Å². The molecule has 0 saturated carbocycles. The van der Waals surface area contributed by atoms with E-state index in [9.17, 15) is 0 Å². The lowest BCUT2D eigenvalue weighted by Gasteiger charge is -2.28. The minimum absolute atomic E-state index is 0. The Labute approximate surface area is 106 Å². The predicted molar refractivity (Wildman–Crippen MR) is 69.6 cm³/mol. The number of hydrogen-bond acceptors (Lipinski definition) is 5. The lowest BCUT2D eigenvalue weighted by molar-refractivity contribution is 0.0600. The van der Waals surface area contributed by atoms with Crippen molar-refractivity contribution in [1.29, 1.82) is 0 Å². The molecular weight excluding hydrogens is 248 g/mol. The molecule has 0 aromatic carbocycles. The van der Waals surface area contributed by atoms with Gasteiger partial charge in [-0.25, -0.2) is 0 Å². The summed E-state index contributed by atoms with van der Waals surface area (Å²) < 4.78 is 16.8. The summed E-state index contributed by atoms with van der Waals surface area (Å²) in [6, 6.07) is 0. The van der Waals surface area contributed by atoms with Crippen LogP contribution in [0.15, 0.2) is 0 Å². The Morgan fingerprint density at radius 3 is 1.75 bits per heavy atom. The third-order valence-electron chi connectivity index (χ3n) is 1.73. The second kappa shape index (κ2) is 11.8. The first-order valence-corrected chi connectivity index (χ1v) is 7.34. The van der Waals surface area contributed by atoms with Crippen molar-refractivity contribution in [2.45, 2.75) is 27.2 Å². The molecule has 5 nitrogen and oxygen atoms in total. The zero-order chi connectivity index (χ0) is 11.6. The molecule has 0 spiro atoms. The summed E-state index contributed by atoms with van der Waals surface area (Å²) in [7, 11) is -2.64. The van der Waals surface area contributed by atoms with Gasteiger partial charge in [0.05, 0.1) is 0 Å². The van der Waals surface area contributed by atoms with Gasteiger partial charge in [-0.3, -0.25) is 4.98 Å². The summed E-state index contributed by atoms with van der Waals surface area (Å²) >= 11 is 0. The van der Waals surface area contributed by atoms with Crippen LogP contribution in [0.2, 0.25) is 0 Å². The number of hydrogen-bond donors (Lipinski definition) is 2. The van der Waals surface area contributed by atoms with Crippen molar-refractivity contribution in [2.75, 3.05) is 32.9 Å². The molecule has 0 aliphatic carbocycles. The summed E-state index contributed by atoms with van der Waals surface area (Å²) in [5.74, 6) is 0. The van der Waals surface area contributed by atoms with Crippen LogP contribution in [0.4, 0.5) is 0 Å². The molecule has 0 aromatic heterocycles. The fraction of sp³-hybridized carbons (Fsp3) is 1.00. The van der Waals surface area contributed by atoms with Gasteiger partial charge in [-0.2, -0.15) is 0 Å². The molecule has 0 rings (SSSR count). The molecule has 100 valence electrons. The van der Waals surface area contributed by atoms with E-state index in [0.717, 1.165) is 13.0 Å². The van der Waals surface area contributed by atoms with E-state index in [2.05, 4.69) is 4.98 Å². The van der Waals surface area contributed by atoms with Gasteiger partial charge < -0.3 is 19.0 Å². The second-order valence-electron chi connectivity index (χ2n) is 2.92. The van der Waals surface area contributed by atoms with Crippen molar-refractivity contribution < 1.29 is 13.3 Å². The van der Waals surface area contributed by atoms with E-state index in [0.29, 0.717) is 26.4 Å². The summed E-state index contributed by atoms with van der Waals surface area (Å²) in [6.07, 6.45) is 0.891. The zero-order valence-electron chi connectivity index (χ0n) is 10.5. The van der Waals surface area contributed by atoms with Gasteiger partial charge >= 0.3 is 8.97 Å². The van der Waals surface area contributed by atoms with E-state index in [4.69, 9.17) is 19.0 Å². The summed E-state index contributed by atoms with van der Waals surface area (Å²) in [4.78, 5) is 3.23. The first kappa shape index (κ1) is 18.7. The summed E-state index contributed by atoms with van der Waals surface area (Å²) in [6.45, 7) is 8.98. The first-order valence-electron chi connectivity index (χ1n) is 5.61. The van der Waals surface area contributed by atoms with Gasteiger partial charge in [-0.15, -0.1) is 12.4 Å². The Bertz CT molecular complexity index is 138. The van der Waals surface area contributed by atoms with E-state index in [-0.39, 0.29) is 12.4 Å². The highest BCUT2D eigenvalue weighted by atomic mass is 35.5. The third kappa shape index (κ3) is 7.56. The topological polar surface area (TPSA) is 65.7 Å². The summed E-state index contributed by atoms with van der Waals surface area (Å²) in [5.41, 5.74) is 5.43. The quantitative estimate of drug-likeness (QED) is 0.457. The lowest BCUT2D eigenvalue weighted by Crippen LogP contribution is -2.59. The fourth-order valence-corrected chi connectivity index (χ4v) is 3.37. The molecule has 0 fully saturated rings. The van der Waals surface area contributed by atoms with Crippen molar-refractivity contribution >= 4 is 21.4 Å². The van der Waals surface area contributed by atoms with Gasteiger partial charge in [0.25, 0.3) is 0 Å². The predicted octanol–water partition coefficient (Wildman–Crippen LogP) is 0.892. The van der Waals surface area contributed by atoms with Crippen LogP contribution in [-0.4, -0.2) is 41.9 Å². The highest BCUT2D eigenvalue weighted by molar-refractivity contribution is 6.57. The van der Waals surface area contributed by atoms with Gasteiger partial charge in [0.15, 0.2) is 0 Å². The Morgan fingerprint density at radius 1 is 1.00 bits per heavy atom. The van der Waals surface area contributed by atoms with Gasteiger partial charge in [-0.05, 0) is 40.3 Å². The molecule has 7 heteroatoms. The van der Waals surface area contributed by atoms with E-state index in [1.807, 2.05) is 20.8 Å². The lowest BCUT2D eigenvalue weighted by atomic mass is 10.4. The molecule has 0 aliphatic rings. The number of rotatable bonds is 10. The molecule has 16 heavy (non-hydrogen) atoms. The Morgan fingerprint density at radius 2 is 1.44 bits per heavy atom. The monoisotopic (exact) mass is 272 g/mol. The van der Waals surface area contributed by atoms with Gasteiger partial charge in [0.1, 0.15) is 0 Å². The standard InChI is InChI=1S/C9H24N2O3Si.ClH/c1-4-12-15(13-5-2,14-6-3)11-9-7-8-10;/h11H,4-10H2,1-3H3;1H. The fourth-order valence-electron chi connectivity index (χ4n) is 1.19. The maximum Gasteiger partial charge on any atom is 0.596 e. The van der Waals surface area contributed by atoms with Crippen molar-refractivity contribution in [3.8, 4) is 0 Å². The SMILES string of the molecule is CCO[Si](NCCCN)(OCC)OCC.Cl. The number of nitrogens with two attached hydrogens (primary N) is 1. The van der Waals surface area contributed by atoms with Crippen LogP contribution in [0.25, 0.3) is 0 Å². The minimum atomic E-state index is -2.64. The normalized spacial score (nSPS) is 11.2. The molecule has 0 atom stereocenters. The van der Waals surface area contributed by atoms with Crippen LogP contribution in [-0.2, 0) is 13.3 Å². The maximum absolute atomic E-state index is 5.60. The van der Waals surface area contributed by atoms with E-state index in [1.54, 1.807) is 0 Å². The average Bonchev–Trinajstić information content (AvgIpc) is 2.19. The second-order valence-corrected chi connectivity index (χ2v) is 5.26. The molecule has 0 radical (unpaired) electrons. The third-order valence-corrected chi connectivity index (χ3v) is 4.41. The van der Waals surface area contributed by atoms with E-state index < -0.39 is 8.97 Å². The summed E-state index contributed by atoms with van der Waals surface area (Å²) in [5, 5.41) is 0. The Balaban J connectivity index is 0. The number of halogens is 1. The van der Waals surface area contributed by atoms with Crippen LogP contribution in [0.3, 0.4) is 0 Å². The highest BCUT2D eigenvalue weighted by Crippen LogP contribution is 2.05. The smallest absolute Gasteiger partial charge is 0.361 e. The van der Waals surface area contributed by atoms with Gasteiger partial charge in [0, 0.05) is 19.8 Å². The van der Waals surface area contributed by atoms with Crippen molar-refractivity contribution in [3.63, 3.8) is 0 Å². The molecule has 0 saturated heterocycles. The largest absolute Gasteiger partial charge is 0.596 e. The molecule has 0 heterocycles. The molecule has 0 aromatic rings. The van der Waals surface area contributed by atoms with E-state index in [1.165, 1.54) is 0 Å². The van der Waals surface area contributed by atoms with Crippen molar-refractivity contribution in [1.82, 2.24) is 4.98 Å². The Kier molecular flexibility index (Phi) is 13.7. The first-order chi connectivity index (χ1) is 7.24. The molecule has 0 unspecified atom stereocenters. The van der Waals surface area contributed by atoms with Gasteiger partial charge in [0.2, 0.25) is 0 Å². The van der Waals surface area contributed by atoms with Crippen molar-refractivity contribution in [3.05, 3.63) is 0 Å².